The second-order valence-corrected chi connectivity index (χ2v) is 7.21. The number of guanidine groups is 1. The molecule has 0 amide bonds. The van der Waals surface area contributed by atoms with Crippen molar-refractivity contribution in [1.29, 1.82) is 5.26 Å². The van der Waals surface area contributed by atoms with Gasteiger partial charge in [0.25, 0.3) is 0 Å². The highest BCUT2D eigenvalue weighted by Crippen LogP contribution is 2.30. The summed E-state index contributed by atoms with van der Waals surface area (Å²) in [5.41, 5.74) is 2.90. The summed E-state index contributed by atoms with van der Waals surface area (Å²) >= 11 is 0. The summed E-state index contributed by atoms with van der Waals surface area (Å²) in [7, 11) is 5.13. The van der Waals surface area contributed by atoms with Crippen LogP contribution in [-0.2, 0) is 6.54 Å². The molecule has 0 aliphatic carbocycles. The van der Waals surface area contributed by atoms with Crippen molar-refractivity contribution < 1.29 is 9.47 Å². The number of aliphatic imine (C=N–C) groups is 1. The first kappa shape index (κ1) is 24.6. The van der Waals surface area contributed by atoms with Crippen molar-refractivity contribution in [3.63, 3.8) is 0 Å². The van der Waals surface area contributed by atoms with Gasteiger partial charge in [-0.1, -0.05) is 12.1 Å². The Balaban J connectivity index is 0.00000341. The van der Waals surface area contributed by atoms with E-state index < -0.39 is 0 Å². The van der Waals surface area contributed by atoms with Crippen molar-refractivity contribution in [2.24, 2.45) is 4.99 Å². The minimum atomic E-state index is 0. The molecule has 1 saturated heterocycles. The largest absolute Gasteiger partial charge is 0.497 e. The van der Waals surface area contributed by atoms with Crippen LogP contribution < -0.4 is 25.0 Å². The molecule has 8 heteroatoms. The monoisotopic (exact) mass is 535 g/mol. The molecule has 31 heavy (non-hydrogen) atoms. The highest BCUT2D eigenvalue weighted by atomic mass is 127. The van der Waals surface area contributed by atoms with E-state index in [0.29, 0.717) is 18.2 Å². The summed E-state index contributed by atoms with van der Waals surface area (Å²) in [6, 6.07) is 16.1. The van der Waals surface area contributed by atoms with Crippen LogP contribution in [-0.4, -0.2) is 46.4 Å². The number of methoxy groups -OCH3 is 2. The second-order valence-electron chi connectivity index (χ2n) is 7.21. The molecule has 1 fully saturated rings. The van der Waals surface area contributed by atoms with Gasteiger partial charge in [0.1, 0.15) is 11.5 Å². The molecule has 0 spiro atoms. The lowest BCUT2D eigenvalue weighted by atomic mass is 10.0. The van der Waals surface area contributed by atoms with E-state index in [9.17, 15) is 0 Å². The van der Waals surface area contributed by atoms with Crippen molar-refractivity contribution in [2.75, 3.05) is 39.3 Å². The number of hydrogen-bond acceptors (Lipinski definition) is 5. The first-order valence-corrected chi connectivity index (χ1v) is 10.1. The van der Waals surface area contributed by atoms with Gasteiger partial charge in [0.05, 0.1) is 25.9 Å². The molecule has 2 aromatic carbocycles. The number of piperidine rings is 1. The van der Waals surface area contributed by atoms with Crippen molar-refractivity contribution in [3.05, 3.63) is 53.6 Å². The maximum Gasteiger partial charge on any atom is 0.191 e. The van der Waals surface area contributed by atoms with Gasteiger partial charge < -0.3 is 25.0 Å². The lowest BCUT2D eigenvalue weighted by Gasteiger charge is -2.34. The maximum atomic E-state index is 8.90. The van der Waals surface area contributed by atoms with Gasteiger partial charge in [0, 0.05) is 56.6 Å². The summed E-state index contributed by atoms with van der Waals surface area (Å²) < 4.78 is 10.8. The molecule has 0 aromatic heterocycles. The first-order valence-electron chi connectivity index (χ1n) is 10.1. The number of hydrogen-bond donors (Lipinski definition) is 2. The van der Waals surface area contributed by atoms with Gasteiger partial charge in [0.2, 0.25) is 0 Å². The van der Waals surface area contributed by atoms with E-state index in [1.54, 1.807) is 21.3 Å². The number of benzene rings is 2. The van der Waals surface area contributed by atoms with Crippen LogP contribution in [0.4, 0.5) is 5.69 Å². The normalized spacial score (nSPS) is 14.3. The SMILES string of the molecule is CN=C(NCc1ccc(C#N)cc1)NC1CCN(c2cc(OC)cc(OC)c2)CC1.I. The van der Waals surface area contributed by atoms with E-state index in [0.717, 1.165) is 54.6 Å². The molecule has 2 N–H and O–H groups in total. The molecular weight excluding hydrogens is 505 g/mol. The van der Waals surface area contributed by atoms with Crippen LogP contribution in [0.3, 0.4) is 0 Å². The summed E-state index contributed by atoms with van der Waals surface area (Å²) in [5, 5.41) is 15.8. The third-order valence-electron chi connectivity index (χ3n) is 5.30. The van der Waals surface area contributed by atoms with Crippen molar-refractivity contribution >= 4 is 35.6 Å². The molecule has 0 atom stereocenters. The van der Waals surface area contributed by atoms with E-state index in [1.807, 2.05) is 42.5 Å². The number of anilines is 1. The van der Waals surface area contributed by atoms with Crippen LogP contribution in [0.25, 0.3) is 0 Å². The molecule has 2 aromatic rings. The zero-order chi connectivity index (χ0) is 21.3. The van der Waals surface area contributed by atoms with Crippen LogP contribution in [0.5, 0.6) is 11.5 Å². The van der Waals surface area contributed by atoms with Crippen LogP contribution >= 0.6 is 24.0 Å². The average molecular weight is 535 g/mol. The van der Waals surface area contributed by atoms with Crippen molar-refractivity contribution in [1.82, 2.24) is 10.6 Å². The molecule has 3 rings (SSSR count). The van der Waals surface area contributed by atoms with Crippen LogP contribution in [0.15, 0.2) is 47.5 Å². The second kappa shape index (κ2) is 12.2. The molecule has 1 aliphatic heterocycles. The van der Waals surface area contributed by atoms with E-state index in [4.69, 9.17) is 14.7 Å². The molecule has 1 heterocycles. The maximum absolute atomic E-state index is 8.90. The predicted molar refractivity (Wildman–Crippen MR) is 135 cm³/mol. The van der Waals surface area contributed by atoms with Crippen LogP contribution in [0.1, 0.15) is 24.0 Å². The molecule has 0 radical (unpaired) electrons. The predicted octanol–water partition coefficient (Wildman–Crippen LogP) is 3.53. The minimum Gasteiger partial charge on any atom is -0.497 e. The summed E-state index contributed by atoms with van der Waals surface area (Å²) in [5.74, 6) is 2.40. The van der Waals surface area contributed by atoms with Crippen molar-refractivity contribution in [3.8, 4) is 17.6 Å². The minimum absolute atomic E-state index is 0. The van der Waals surface area contributed by atoms with Crippen LogP contribution in [0, 0.1) is 11.3 Å². The highest BCUT2D eigenvalue weighted by Gasteiger charge is 2.21. The van der Waals surface area contributed by atoms with Gasteiger partial charge in [-0.3, -0.25) is 4.99 Å². The van der Waals surface area contributed by atoms with Gasteiger partial charge in [-0.05, 0) is 30.5 Å². The average Bonchev–Trinajstić information content (AvgIpc) is 2.82. The van der Waals surface area contributed by atoms with E-state index in [1.165, 1.54) is 0 Å². The lowest BCUT2D eigenvalue weighted by molar-refractivity contribution is 0.393. The summed E-state index contributed by atoms with van der Waals surface area (Å²) in [4.78, 5) is 6.71. The number of ether oxygens (including phenoxy) is 2. The van der Waals surface area contributed by atoms with Crippen LogP contribution in [0.2, 0.25) is 0 Å². The fourth-order valence-electron chi connectivity index (χ4n) is 3.53. The van der Waals surface area contributed by atoms with Gasteiger partial charge in [-0.25, -0.2) is 0 Å². The molecule has 0 bridgehead atoms. The Morgan fingerprint density at radius 2 is 1.71 bits per heavy atom. The zero-order valence-electron chi connectivity index (χ0n) is 18.2. The van der Waals surface area contributed by atoms with Gasteiger partial charge in [-0.15, -0.1) is 24.0 Å². The Hall–Kier alpha value is -2.67. The van der Waals surface area contributed by atoms with E-state index in [2.05, 4.69) is 26.6 Å². The number of nitriles is 1. The lowest BCUT2D eigenvalue weighted by Crippen LogP contribution is -2.48. The number of nitrogens with one attached hydrogen (secondary N) is 2. The first-order chi connectivity index (χ1) is 14.6. The molecule has 1 aliphatic rings. The number of halogens is 1. The standard InChI is InChI=1S/C23H29N5O2.HI/c1-25-23(26-16-18-6-4-17(15-24)5-7-18)27-19-8-10-28(11-9-19)20-12-21(29-2)14-22(13-20)30-3;/h4-7,12-14,19H,8-11,16H2,1-3H3,(H2,25,26,27);1H. The Kier molecular flexibility index (Phi) is 9.72. The highest BCUT2D eigenvalue weighted by molar-refractivity contribution is 14.0. The fraction of sp³-hybridized carbons (Fsp3) is 0.391. The summed E-state index contributed by atoms with van der Waals surface area (Å²) in [6.07, 6.45) is 2.02. The quantitative estimate of drug-likeness (QED) is 0.335. The third kappa shape index (κ3) is 6.92. The molecule has 166 valence electrons. The van der Waals surface area contributed by atoms with Gasteiger partial charge in [0.15, 0.2) is 5.96 Å². The molecule has 7 nitrogen and oxygen atoms in total. The molecule has 0 saturated carbocycles. The van der Waals surface area contributed by atoms with E-state index >= 15 is 0 Å². The Morgan fingerprint density at radius 1 is 1.10 bits per heavy atom. The van der Waals surface area contributed by atoms with Crippen molar-refractivity contribution in [2.45, 2.75) is 25.4 Å². The van der Waals surface area contributed by atoms with E-state index in [-0.39, 0.29) is 24.0 Å². The smallest absolute Gasteiger partial charge is 0.191 e. The van der Waals surface area contributed by atoms with Gasteiger partial charge in [-0.2, -0.15) is 5.26 Å². The molecular formula is C23H30IN5O2. The van der Waals surface area contributed by atoms with Gasteiger partial charge >= 0.3 is 0 Å². The Morgan fingerprint density at radius 3 is 2.23 bits per heavy atom. The third-order valence-corrected chi connectivity index (χ3v) is 5.30. The topological polar surface area (TPSA) is 81.9 Å². The zero-order valence-corrected chi connectivity index (χ0v) is 20.6. The fourth-order valence-corrected chi connectivity index (χ4v) is 3.53. The number of rotatable bonds is 6. The summed E-state index contributed by atoms with van der Waals surface area (Å²) in [6.45, 7) is 2.55. The Bertz CT molecular complexity index is 881. The Labute approximate surface area is 201 Å². The number of nitrogens with zero attached hydrogens (tertiary/aromatic N) is 3. The molecule has 0 unspecified atom stereocenters.